The molecule has 0 heterocycles. The third-order valence-corrected chi connectivity index (χ3v) is 15.4. The summed E-state index contributed by atoms with van der Waals surface area (Å²) in [6.07, 6.45) is 80.7. The number of ether oxygens (including phenoxy) is 3. The summed E-state index contributed by atoms with van der Waals surface area (Å²) in [5, 5.41) is 0. The summed E-state index contributed by atoms with van der Waals surface area (Å²) in [6.45, 7) is 6.63. The minimum atomic E-state index is -0.770. The van der Waals surface area contributed by atoms with Crippen LogP contribution in [0.5, 0.6) is 0 Å². The standard InChI is InChI=1S/C70H130O6/c1-4-7-10-13-16-18-20-22-24-26-27-28-29-30-31-32-33-34-35-36-37-38-39-40-41-42-43-44-46-47-49-51-54-57-60-63-69(72)75-66-67(65-74-68(71)62-59-56-53-15-12-9-6-3)76-70(73)64-61-58-55-52-50-48-45-25-23-21-19-17-14-11-8-5-2/h20,22,25-27,45,67H,4-19,21,23-24,28-44,46-66H2,1-3H3/b22-20-,27-26-,45-25-. The lowest BCUT2D eigenvalue weighted by molar-refractivity contribution is -0.167. The molecule has 0 rings (SSSR count). The van der Waals surface area contributed by atoms with Crippen LogP contribution in [0.25, 0.3) is 0 Å². The van der Waals surface area contributed by atoms with E-state index < -0.39 is 6.10 Å². The Bertz CT molecular complexity index is 1270. The van der Waals surface area contributed by atoms with Crippen molar-refractivity contribution in [2.75, 3.05) is 13.2 Å². The molecule has 6 nitrogen and oxygen atoms in total. The molecule has 6 heteroatoms. The number of hydrogen-bond donors (Lipinski definition) is 0. The van der Waals surface area contributed by atoms with Crippen LogP contribution in [0.2, 0.25) is 0 Å². The second kappa shape index (κ2) is 65.2. The lowest BCUT2D eigenvalue weighted by atomic mass is 10.0. The SMILES string of the molecule is CCCCCCC/C=C\C/C=C\CCCCCCCCCCCCCCCCCCCCCCCCCC(=O)OCC(COC(=O)CCCCCCCCC)OC(=O)CCCCCCC/C=C\CCCCCCCCC. The topological polar surface area (TPSA) is 78.9 Å². The van der Waals surface area contributed by atoms with Gasteiger partial charge in [-0.15, -0.1) is 0 Å². The van der Waals surface area contributed by atoms with E-state index in [0.29, 0.717) is 19.3 Å². The smallest absolute Gasteiger partial charge is 0.306 e. The second-order valence-corrected chi connectivity index (χ2v) is 23.1. The summed E-state index contributed by atoms with van der Waals surface area (Å²) in [4.78, 5) is 38.0. The number of unbranched alkanes of at least 4 members (excludes halogenated alkanes) is 46. The number of allylic oxidation sites excluding steroid dienone is 6. The van der Waals surface area contributed by atoms with Gasteiger partial charge in [0, 0.05) is 19.3 Å². The molecule has 0 radical (unpaired) electrons. The van der Waals surface area contributed by atoms with Crippen molar-refractivity contribution in [2.45, 2.75) is 380 Å². The third kappa shape index (κ3) is 62.5. The lowest BCUT2D eigenvalue weighted by Crippen LogP contribution is -2.30. The Kier molecular flexibility index (Phi) is 63.1. The van der Waals surface area contributed by atoms with Gasteiger partial charge in [0.25, 0.3) is 0 Å². The molecule has 0 bridgehead atoms. The summed E-state index contributed by atoms with van der Waals surface area (Å²) in [5.41, 5.74) is 0. The van der Waals surface area contributed by atoms with Gasteiger partial charge in [-0.3, -0.25) is 14.4 Å². The van der Waals surface area contributed by atoms with Gasteiger partial charge in [-0.05, 0) is 77.0 Å². The van der Waals surface area contributed by atoms with Gasteiger partial charge >= 0.3 is 17.9 Å². The molecule has 0 aromatic rings. The number of hydrogen-bond acceptors (Lipinski definition) is 6. The molecule has 0 amide bonds. The molecule has 0 aromatic heterocycles. The van der Waals surface area contributed by atoms with E-state index in [1.165, 1.54) is 263 Å². The van der Waals surface area contributed by atoms with Crippen LogP contribution in [0, 0.1) is 0 Å². The molecule has 0 spiro atoms. The van der Waals surface area contributed by atoms with Crippen molar-refractivity contribution >= 4 is 17.9 Å². The van der Waals surface area contributed by atoms with Crippen LogP contribution < -0.4 is 0 Å². The van der Waals surface area contributed by atoms with Crippen molar-refractivity contribution in [3.63, 3.8) is 0 Å². The average Bonchev–Trinajstić information content (AvgIpc) is 3.42. The highest BCUT2D eigenvalue weighted by Crippen LogP contribution is 2.18. The van der Waals surface area contributed by atoms with E-state index in [0.717, 1.165) is 70.6 Å². The van der Waals surface area contributed by atoms with Crippen LogP contribution in [0.4, 0.5) is 0 Å². The van der Waals surface area contributed by atoms with Crippen molar-refractivity contribution in [1.82, 2.24) is 0 Å². The quantitative estimate of drug-likeness (QED) is 0.0261. The highest BCUT2D eigenvalue weighted by atomic mass is 16.6. The molecule has 0 aromatic carbocycles. The molecule has 0 N–H and O–H groups in total. The molecule has 0 aliphatic heterocycles. The first kappa shape index (κ1) is 73.6. The Hall–Kier alpha value is -2.37. The van der Waals surface area contributed by atoms with Gasteiger partial charge in [0.1, 0.15) is 13.2 Å². The van der Waals surface area contributed by atoms with Crippen LogP contribution in [0.3, 0.4) is 0 Å². The Morgan fingerprint density at radius 1 is 0.263 bits per heavy atom. The molecule has 0 fully saturated rings. The first-order chi connectivity index (χ1) is 37.5. The predicted molar refractivity (Wildman–Crippen MR) is 330 cm³/mol. The minimum Gasteiger partial charge on any atom is -0.462 e. The number of carbonyl (C=O) groups excluding carboxylic acids is 3. The highest BCUT2D eigenvalue weighted by Gasteiger charge is 2.19. The summed E-state index contributed by atoms with van der Waals surface area (Å²) in [6, 6.07) is 0. The maximum atomic E-state index is 12.8. The maximum Gasteiger partial charge on any atom is 0.306 e. The van der Waals surface area contributed by atoms with Gasteiger partial charge in [0.2, 0.25) is 0 Å². The highest BCUT2D eigenvalue weighted by molar-refractivity contribution is 5.71. The average molecular weight is 1070 g/mol. The summed E-state index contributed by atoms with van der Waals surface area (Å²) in [7, 11) is 0. The van der Waals surface area contributed by atoms with Crippen molar-refractivity contribution in [2.24, 2.45) is 0 Å². The molecule has 1 atom stereocenters. The van der Waals surface area contributed by atoms with Crippen molar-refractivity contribution in [1.29, 1.82) is 0 Å². The summed E-state index contributed by atoms with van der Waals surface area (Å²) in [5.74, 6) is -0.864. The normalized spacial score (nSPS) is 12.2. The molecule has 0 aliphatic carbocycles. The van der Waals surface area contributed by atoms with Crippen molar-refractivity contribution in [3.05, 3.63) is 36.5 Å². The van der Waals surface area contributed by atoms with Gasteiger partial charge in [-0.2, -0.15) is 0 Å². The number of esters is 3. The summed E-state index contributed by atoms with van der Waals surface area (Å²) >= 11 is 0. The Morgan fingerprint density at radius 2 is 0.474 bits per heavy atom. The van der Waals surface area contributed by atoms with Crippen LogP contribution in [0.1, 0.15) is 374 Å². The van der Waals surface area contributed by atoms with Crippen LogP contribution in [-0.2, 0) is 28.6 Å². The predicted octanol–water partition coefficient (Wildman–Crippen LogP) is 23.2. The zero-order valence-corrected chi connectivity index (χ0v) is 51.3. The summed E-state index contributed by atoms with van der Waals surface area (Å²) < 4.78 is 16.8. The van der Waals surface area contributed by atoms with Crippen molar-refractivity contribution < 1.29 is 28.6 Å². The first-order valence-electron chi connectivity index (χ1n) is 34.0. The van der Waals surface area contributed by atoms with Crippen LogP contribution in [0.15, 0.2) is 36.5 Å². The molecular formula is C70H130O6. The third-order valence-electron chi connectivity index (χ3n) is 15.4. The largest absolute Gasteiger partial charge is 0.462 e. The molecular weight excluding hydrogens is 937 g/mol. The van der Waals surface area contributed by atoms with E-state index in [9.17, 15) is 14.4 Å². The Balaban J connectivity index is 3.92. The fourth-order valence-electron chi connectivity index (χ4n) is 10.2. The van der Waals surface area contributed by atoms with E-state index in [1.807, 2.05) is 0 Å². The van der Waals surface area contributed by atoms with Gasteiger partial charge in [0.15, 0.2) is 6.10 Å². The zero-order valence-electron chi connectivity index (χ0n) is 51.3. The second-order valence-electron chi connectivity index (χ2n) is 23.1. The van der Waals surface area contributed by atoms with Crippen LogP contribution in [-0.4, -0.2) is 37.2 Å². The molecule has 0 aliphatic rings. The van der Waals surface area contributed by atoms with Gasteiger partial charge in [0.05, 0.1) is 0 Å². The number of rotatable bonds is 63. The van der Waals surface area contributed by atoms with Crippen LogP contribution >= 0.6 is 0 Å². The fourth-order valence-corrected chi connectivity index (χ4v) is 10.2. The first-order valence-corrected chi connectivity index (χ1v) is 34.0. The molecule has 0 saturated carbocycles. The minimum absolute atomic E-state index is 0.0701. The Morgan fingerprint density at radius 3 is 0.737 bits per heavy atom. The molecule has 76 heavy (non-hydrogen) atoms. The Labute approximate surface area is 474 Å². The zero-order chi connectivity index (χ0) is 55.0. The van der Waals surface area contributed by atoms with Gasteiger partial charge in [-0.25, -0.2) is 0 Å². The number of carbonyl (C=O) groups is 3. The maximum absolute atomic E-state index is 12.8. The molecule has 1 unspecified atom stereocenters. The van der Waals surface area contributed by atoms with E-state index in [2.05, 4.69) is 57.2 Å². The molecule has 0 saturated heterocycles. The molecule has 446 valence electrons. The van der Waals surface area contributed by atoms with E-state index in [-0.39, 0.29) is 31.1 Å². The van der Waals surface area contributed by atoms with Crippen molar-refractivity contribution in [3.8, 4) is 0 Å². The van der Waals surface area contributed by atoms with Gasteiger partial charge < -0.3 is 14.2 Å². The van der Waals surface area contributed by atoms with E-state index in [1.54, 1.807) is 0 Å². The van der Waals surface area contributed by atoms with E-state index >= 15 is 0 Å². The van der Waals surface area contributed by atoms with E-state index in [4.69, 9.17) is 14.2 Å². The van der Waals surface area contributed by atoms with Gasteiger partial charge in [-0.1, -0.05) is 314 Å². The monoisotopic (exact) mass is 1070 g/mol. The lowest BCUT2D eigenvalue weighted by Gasteiger charge is -2.18. The fraction of sp³-hybridized carbons (Fsp3) is 0.871.